The molecular weight excluding hydrogens is 270 g/mol. The van der Waals surface area contributed by atoms with Crippen LogP contribution in [0.3, 0.4) is 0 Å². The van der Waals surface area contributed by atoms with Crippen LogP contribution < -0.4 is 16.0 Å². The van der Waals surface area contributed by atoms with Crippen LogP contribution in [0.15, 0.2) is 24.3 Å². The van der Waals surface area contributed by atoms with E-state index in [4.69, 9.17) is 18.0 Å². The van der Waals surface area contributed by atoms with E-state index in [2.05, 4.69) is 19.2 Å². The van der Waals surface area contributed by atoms with Gasteiger partial charge in [-0.05, 0) is 25.0 Å². The molecule has 0 bridgehead atoms. The number of carbonyl (C=O) groups is 1. The lowest BCUT2D eigenvalue weighted by atomic mass is 10.1. The molecule has 1 amide bonds. The van der Waals surface area contributed by atoms with Gasteiger partial charge in [-0.2, -0.15) is 0 Å². The van der Waals surface area contributed by atoms with Crippen molar-refractivity contribution in [2.45, 2.75) is 32.7 Å². The molecule has 1 aromatic carbocycles. The smallest absolute Gasteiger partial charge is 0.239 e. The van der Waals surface area contributed by atoms with Crippen molar-refractivity contribution in [1.82, 2.24) is 5.32 Å². The van der Waals surface area contributed by atoms with Gasteiger partial charge in [-0.25, -0.2) is 0 Å². The summed E-state index contributed by atoms with van der Waals surface area (Å²) in [7, 11) is 1.88. The lowest BCUT2D eigenvalue weighted by molar-refractivity contribution is -0.120. The molecule has 0 radical (unpaired) electrons. The fourth-order valence-electron chi connectivity index (χ4n) is 1.97. The van der Waals surface area contributed by atoms with E-state index >= 15 is 0 Å². The molecule has 110 valence electrons. The van der Waals surface area contributed by atoms with E-state index in [-0.39, 0.29) is 11.9 Å². The number of carbonyl (C=O) groups excluding carboxylic acids is 1. The quantitative estimate of drug-likeness (QED) is 0.756. The monoisotopic (exact) mass is 293 g/mol. The van der Waals surface area contributed by atoms with Crippen molar-refractivity contribution < 1.29 is 4.79 Å². The van der Waals surface area contributed by atoms with Crippen molar-refractivity contribution in [2.24, 2.45) is 5.73 Å². The molecule has 5 heteroatoms. The molecular formula is C15H23N3OS. The van der Waals surface area contributed by atoms with Crippen LogP contribution in [0.25, 0.3) is 0 Å². The fourth-order valence-corrected chi connectivity index (χ4v) is 2.10. The highest BCUT2D eigenvalue weighted by Crippen LogP contribution is 2.14. The van der Waals surface area contributed by atoms with E-state index < -0.39 is 0 Å². The molecule has 1 aromatic rings. The predicted octanol–water partition coefficient (Wildman–Crippen LogP) is 2.06. The number of hydrogen-bond acceptors (Lipinski definition) is 3. The Labute approximate surface area is 126 Å². The van der Waals surface area contributed by atoms with Gasteiger partial charge in [-0.1, -0.05) is 38.2 Å². The minimum absolute atomic E-state index is 0.0296. The van der Waals surface area contributed by atoms with E-state index in [1.165, 1.54) is 0 Å². The van der Waals surface area contributed by atoms with E-state index in [1.807, 2.05) is 36.2 Å². The van der Waals surface area contributed by atoms with Gasteiger partial charge < -0.3 is 16.0 Å². The van der Waals surface area contributed by atoms with Crippen LogP contribution in [0.2, 0.25) is 0 Å². The molecule has 0 aliphatic carbocycles. The van der Waals surface area contributed by atoms with E-state index in [9.17, 15) is 4.79 Å². The number of nitrogens with two attached hydrogens (primary N) is 1. The third-order valence-electron chi connectivity index (χ3n) is 3.30. The molecule has 1 rings (SSSR count). The largest absolute Gasteiger partial charge is 0.389 e. The predicted molar refractivity (Wildman–Crippen MR) is 88.1 cm³/mol. The SMILES string of the molecule is CCC(CC)NC(=O)CN(C)c1cccc(C(N)=S)c1. The third kappa shape index (κ3) is 4.81. The minimum atomic E-state index is 0.0296. The Morgan fingerprint density at radius 3 is 2.60 bits per heavy atom. The van der Waals surface area contributed by atoms with Gasteiger partial charge in [0.15, 0.2) is 0 Å². The Hall–Kier alpha value is -1.62. The molecule has 0 saturated carbocycles. The van der Waals surface area contributed by atoms with Gasteiger partial charge in [0.05, 0.1) is 6.54 Å². The van der Waals surface area contributed by atoms with E-state index in [0.29, 0.717) is 11.5 Å². The summed E-state index contributed by atoms with van der Waals surface area (Å²) in [5, 5.41) is 3.02. The first kappa shape index (κ1) is 16.4. The lowest BCUT2D eigenvalue weighted by Gasteiger charge is -2.21. The standard InChI is InChI=1S/C15H23N3OS/c1-4-12(5-2)17-14(19)10-18(3)13-8-6-7-11(9-13)15(16)20/h6-9,12H,4-5,10H2,1-3H3,(H2,16,20)(H,17,19). The average Bonchev–Trinajstić information content (AvgIpc) is 2.44. The summed E-state index contributed by atoms with van der Waals surface area (Å²) in [4.78, 5) is 14.2. The number of amides is 1. The first-order valence-electron chi connectivity index (χ1n) is 6.88. The van der Waals surface area contributed by atoms with Crippen LogP contribution in [0.1, 0.15) is 32.3 Å². The third-order valence-corrected chi connectivity index (χ3v) is 3.54. The molecule has 0 aliphatic heterocycles. The Balaban J connectivity index is 2.66. The van der Waals surface area contributed by atoms with Crippen LogP contribution in [-0.2, 0) is 4.79 Å². The molecule has 0 saturated heterocycles. The molecule has 0 spiro atoms. The zero-order chi connectivity index (χ0) is 15.1. The van der Waals surface area contributed by atoms with Crippen molar-refractivity contribution >= 4 is 28.8 Å². The molecule has 20 heavy (non-hydrogen) atoms. The van der Waals surface area contributed by atoms with Gasteiger partial charge in [0.25, 0.3) is 0 Å². The zero-order valence-corrected chi connectivity index (χ0v) is 13.2. The normalized spacial score (nSPS) is 10.4. The van der Waals surface area contributed by atoms with Crippen molar-refractivity contribution in [3.05, 3.63) is 29.8 Å². The average molecular weight is 293 g/mol. The molecule has 0 aromatic heterocycles. The highest BCUT2D eigenvalue weighted by molar-refractivity contribution is 7.80. The number of benzene rings is 1. The maximum Gasteiger partial charge on any atom is 0.239 e. The summed E-state index contributed by atoms with van der Waals surface area (Å²) < 4.78 is 0. The molecule has 0 unspecified atom stereocenters. The number of nitrogens with one attached hydrogen (secondary N) is 1. The van der Waals surface area contributed by atoms with Crippen molar-refractivity contribution in [2.75, 3.05) is 18.5 Å². The molecule has 0 aliphatic rings. The molecule has 0 atom stereocenters. The molecule has 0 heterocycles. The van der Waals surface area contributed by atoms with Gasteiger partial charge in [0.2, 0.25) is 5.91 Å². The van der Waals surface area contributed by atoms with Crippen LogP contribution in [0.4, 0.5) is 5.69 Å². The maximum atomic E-state index is 12.0. The first-order chi connectivity index (χ1) is 9.47. The van der Waals surface area contributed by atoms with Crippen LogP contribution in [0.5, 0.6) is 0 Å². The van der Waals surface area contributed by atoms with Crippen LogP contribution in [-0.4, -0.2) is 30.5 Å². The summed E-state index contributed by atoms with van der Waals surface area (Å²) >= 11 is 4.96. The number of nitrogens with zero attached hydrogens (tertiary/aromatic N) is 1. The highest BCUT2D eigenvalue weighted by atomic mass is 32.1. The number of rotatable bonds is 7. The Bertz CT molecular complexity index is 472. The van der Waals surface area contributed by atoms with Crippen molar-refractivity contribution in [3.8, 4) is 0 Å². The summed E-state index contributed by atoms with van der Waals surface area (Å²) in [6.45, 7) is 4.46. The summed E-state index contributed by atoms with van der Waals surface area (Å²) in [5.74, 6) is 0.0296. The zero-order valence-electron chi connectivity index (χ0n) is 12.3. The van der Waals surface area contributed by atoms with E-state index in [0.717, 1.165) is 24.1 Å². The number of likely N-dealkylation sites (N-methyl/N-ethyl adjacent to an activating group) is 1. The fraction of sp³-hybridized carbons (Fsp3) is 0.467. The summed E-state index contributed by atoms with van der Waals surface area (Å²) in [5.41, 5.74) is 7.36. The minimum Gasteiger partial charge on any atom is -0.389 e. The number of hydrogen-bond donors (Lipinski definition) is 2. The molecule has 3 N–H and O–H groups in total. The van der Waals surface area contributed by atoms with Gasteiger partial charge >= 0.3 is 0 Å². The van der Waals surface area contributed by atoms with Gasteiger partial charge in [-0.15, -0.1) is 0 Å². The Morgan fingerprint density at radius 2 is 2.05 bits per heavy atom. The maximum absolute atomic E-state index is 12.0. The van der Waals surface area contributed by atoms with Crippen molar-refractivity contribution in [3.63, 3.8) is 0 Å². The molecule has 4 nitrogen and oxygen atoms in total. The molecule has 0 fully saturated rings. The second-order valence-corrected chi connectivity index (χ2v) is 5.29. The van der Waals surface area contributed by atoms with Gasteiger partial charge in [-0.3, -0.25) is 4.79 Å². The van der Waals surface area contributed by atoms with Gasteiger partial charge in [0.1, 0.15) is 4.99 Å². The number of thiocarbonyl (C=S) groups is 1. The topological polar surface area (TPSA) is 58.4 Å². The number of anilines is 1. The first-order valence-corrected chi connectivity index (χ1v) is 7.29. The Morgan fingerprint density at radius 1 is 1.40 bits per heavy atom. The van der Waals surface area contributed by atoms with Gasteiger partial charge in [0, 0.05) is 24.3 Å². The van der Waals surface area contributed by atoms with Crippen LogP contribution in [0, 0.1) is 0 Å². The lowest BCUT2D eigenvalue weighted by Crippen LogP contribution is -2.40. The summed E-state index contributed by atoms with van der Waals surface area (Å²) in [6.07, 6.45) is 1.89. The Kier molecular flexibility index (Phi) is 6.45. The van der Waals surface area contributed by atoms with Crippen LogP contribution >= 0.6 is 12.2 Å². The second kappa shape index (κ2) is 7.85. The second-order valence-electron chi connectivity index (χ2n) is 4.85. The highest BCUT2D eigenvalue weighted by Gasteiger charge is 2.11. The van der Waals surface area contributed by atoms with Crippen molar-refractivity contribution in [1.29, 1.82) is 0 Å². The summed E-state index contributed by atoms with van der Waals surface area (Å²) in [6, 6.07) is 7.83. The van der Waals surface area contributed by atoms with E-state index in [1.54, 1.807) is 0 Å².